The lowest BCUT2D eigenvalue weighted by Gasteiger charge is -2.32. The van der Waals surface area contributed by atoms with Gasteiger partial charge in [0, 0.05) is 23.5 Å². The molecular weight excluding hydrogens is 444 g/mol. The van der Waals surface area contributed by atoms with E-state index in [1.807, 2.05) is 17.7 Å². The van der Waals surface area contributed by atoms with Crippen molar-refractivity contribution >= 4 is 22.2 Å². The second-order valence-electron chi connectivity index (χ2n) is 9.69. The van der Waals surface area contributed by atoms with Crippen LogP contribution in [0.25, 0.3) is 10.9 Å². The van der Waals surface area contributed by atoms with Crippen LogP contribution >= 0.6 is 11.3 Å². The fourth-order valence-corrected chi connectivity index (χ4v) is 5.26. The molecule has 0 saturated carbocycles. The maximum absolute atomic E-state index is 13.2. The quantitative estimate of drug-likeness (QED) is 0.344. The monoisotopic (exact) mass is 478 g/mol. The number of tetrazole rings is 1. The van der Waals surface area contributed by atoms with E-state index in [1.54, 1.807) is 11.3 Å². The maximum Gasteiger partial charge on any atom is 0.252 e. The van der Waals surface area contributed by atoms with Crippen molar-refractivity contribution in [2.45, 2.75) is 79.1 Å². The van der Waals surface area contributed by atoms with Gasteiger partial charge in [0.05, 0.1) is 17.1 Å². The van der Waals surface area contributed by atoms with Crippen LogP contribution in [-0.4, -0.2) is 30.1 Å². The molecule has 3 aromatic heterocycles. The van der Waals surface area contributed by atoms with E-state index >= 15 is 0 Å². The van der Waals surface area contributed by atoms with Crippen LogP contribution in [0.4, 0.5) is 0 Å². The molecule has 0 bridgehead atoms. The summed E-state index contributed by atoms with van der Waals surface area (Å²) in [6, 6.07) is 10.5. The lowest BCUT2D eigenvalue weighted by atomic mass is 10.0. The number of hydrogen-bond donors (Lipinski definition) is 1. The minimum Gasteiger partial charge on any atom is -0.321 e. The maximum atomic E-state index is 13.2. The molecule has 0 saturated heterocycles. The molecule has 0 spiro atoms. The Kier molecular flexibility index (Phi) is 7.00. The number of fused-ring (bicyclic) bond motifs is 1. The van der Waals surface area contributed by atoms with Gasteiger partial charge in [-0.2, -0.15) is 0 Å². The molecule has 0 aliphatic rings. The van der Waals surface area contributed by atoms with E-state index in [0.29, 0.717) is 6.54 Å². The summed E-state index contributed by atoms with van der Waals surface area (Å²) in [6.07, 6.45) is 1.74. The molecule has 0 aliphatic heterocycles. The molecule has 1 atom stereocenters. The Morgan fingerprint density at radius 1 is 1.18 bits per heavy atom. The predicted molar refractivity (Wildman–Crippen MR) is 138 cm³/mol. The van der Waals surface area contributed by atoms with Gasteiger partial charge in [-0.15, -0.1) is 16.4 Å². The highest BCUT2D eigenvalue weighted by Gasteiger charge is 2.31. The molecule has 4 aromatic rings. The summed E-state index contributed by atoms with van der Waals surface area (Å²) in [7, 11) is 0. The summed E-state index contributed by atoms with van der Waals surface area (Å²) >= 11 is 1.73. The molecule has 1 N–H and O–H groups in total. The van der Waals surface area contributed by atoms with E-state index in [1.165, 1.54) is 10.4 Å². The highest BCUT2D eigenvalue weighted by atomic mass is 32.1. The Bertz CT molecular complexity index is 1320. The van der Waals surface area contributed by atoms with E-state index in [9.17, 15) is 4.79 Å². The third-order valence-corrected chi connectivity index (χ3v) is 7.60. The molecule has 7 nitrogen and oxygen atoms in total. The lowest BCUT2D eigenvalue weighted by molar-refractivity contribution is 0.152. The highest BCUT2D eigenvalue weighted by Crippen LogP contribution is 2.31. The summed E-state index contributed by atoms with van der Waals surface area (Å²) in [6.45, 7) is 14.0. The Hall–Kier alpha value is -2.84. The first kappa shape index (κ1) is 24.3. The molecule has 3 heterocycles. The minimum absolute atomic E-state index is 0.0303. The number of aromatic nitrogens is 5. The third-order valence-electron chi connectivity index (χ3n) is 6.74. The van der Waals surface area contributed by atoms with E-state index < -0.39 is 0 Å². The van der Waals surface area contributed by atoms with Crippen LogP contribution in [-0.2, 0) is 18.6 Å². The van der Waals surface area contributed by atoms with Gasteiger partial charge < -0.3 is 4.98 Å². The Morgan fingerprint density at radius 3 is 2.65 bits per heavy atom. The summed E-state index contributed by atoms with van der Waals surface area (Å²) in [5.41, 5.74) is 3.69. The summed E-state index contributed by atoms with van der Waals surface area (Å²) in [5, 5.41) is 16.0. The fraction of sp³-hybridized carbons (Fsp3) is 0.462. The van der Waals surface area contributed by atoms with Gasteiger partial charge in [0.15, 0.2) is 5.82 Å². The second-order valence-corrected chi connectivity index (χ2v) is 10.7. The third kappa shape index (κ3) is 4.83. The molecule has 8 heteroatoms. The SMILES string of the molecule is CC[C@@H](c1nnnn1C(C)(C)CC)N(Cc1cccs1)Cc1cc2cc(C)cc(C)c2[nH]c1=O. The normalized spacial score (nSPS) is 13.1. The summed E-state index contributed by atoms with van der Waals surface area (Å²) in [5.74, 6) is 0.842. The zero-order chi connectivity index (χ0) is 24.5. The Labute approximate surface area is 204 Å². The lowest BCUT2D eigenvalue weighted by Crippen LogP contribution is -2.36. The molecule has 34 heavy (non-hydrogen) atoms. The van der Waals surface area contributed by atoms with Crippen LogP contribution in [0.1, 0.15) is 74.0 Å². The first-order valence-corrected chi connectivity index (χ1v) is 12.8. The largest absolute Gasteiger partial charge is 0.321 e. The van der Waals surface area contributed by atoms with Gasteiger partial charge >= 0.3 is 0 Å². The van der Waals surface area contributed by atoms with Crippen LogP contribution < -0.4 is 5.56 Å². The van der Waals surface area contributed by atoms with Crippen LogP contribution in [0.15, 0.2) is 40.5 Å². The van der Waals surface area contributed by atoms with Crippen molar-refractivity contribution in [2.75, 3.05) is 0 Å². The summed E-state index contributed by atoms with van der Waals surface area (Å²) < 4.78 is 1.96. The van der Waals surface area contributed by atoms with Gasteiger partial charge in [-0.25, -0.2) is 4.68 Å². The zero-order valence-electron chi connectivity index (χ0n) is 20.9. The van der Waals surface area contributed by atoms with Crippen molar-refractivity contribution in [1.82, 2.24) is 30.1 Å². The molecule has 4 rings (SSSR count). The number of aryl methyl sites for hydroxylation is 2. The molecule has 0 amide bonds. The first-order chi connectivity index (χ1) is 16.2. The average molecular weight is 479 g/mol. The molecule has 0 unspecified atom stereocenters. The topological polar surface area (TPSA) is 79.7 Å². The Balaban J connectivity index is 1.78. The molecule has 1 aromatic carbocycles. The minimum atomic E-state index is -0.198. The van der Waals surface area contributed by atoms with Crippen LogP contribution in [0.2, 0.25) is 0 Å². The van der Waals surface area contributed by atoms with Crippen molar-refractivity contribution in [3.8, 4) is 0 Å². The fourth-order valence-electron chi connectivity index (χ4n) is 4.53. The smallest absolute Gasteiger partial charge is 0.252 e. The van der Waals surface area contributed by atoms with Gasteiger partial charge in [-0.05, 0) is 85.5 Å². The van der Waals surface area contributed by atoms with E-state index in [0.717, 1.165) is 47.2 Å². The number of nitrogens with one attached hydrogen (secondary N) is 1. The van der Waals surface area contributed by atoms with Gasteiger partial charge in [0.2, 0.25) is 0 Å². The number of aromatic amines is 1. The van der Waals surface area contributed by atoms with Crippen LogP contribution in [0, 0.1) is 13.8 Å². The number of thiophene rings is 1. The number of benzene rings is 1. The molecule has 0 radical (unpaired) electrons. The molecule has 180 valence electrons. The van der Waals surface area contributed by atoms with Crippen LogP contribution in [0.5, 0.6) is 0 Å². The van der Waals surface area contributed by atoms with E-state index in [-0.39, 0.29) is 17.1 Å². The predicted octanol–water partition coefficient (Wildman–Crippen LogP) is 5.49. The average Bonchev–Trinajstić information content (AvgIpc) is 3.48. The summed E-state index contributed by atoms with van der Waals surface area (Å²) in [4.78, 5) is 19.9. The van der Waals surface area contributed by atoms with Gasteiger partial charge in [-0.3, -0.25) is 9.69 Å². The second kappa shape index (κ2) is 9.80. The first-order valence-electron chi connectivity index (χ1n) is 11.9. The molecular formula is C26H34N6OS. The van der Waals surface area contributed by atoms with Crippen molar-refractivity contribution in [3.05, 3.63) is 73.5 Å². The van der Waals surface area contributed by atoms with Gasteiger partial charge in [0.1, 0.15) is 0 Å². The number of pyridine rings is 1. The van der Waals surface area contributed by atoms with E-state index in [2.05, 4.69) is 89.7 Å². The Morgan fingerprint density at radius 2 is 1.97 bits per heavy atom. The van der Waals surface area contributed by atoms with E-state index in [4.69, 9.17) is 0 Å². The van der Waals surface area contributed by atoms with Gasteiger partial charge in [0.25, 0.3) is 5.56 Å². The van der Waals surface area contributed by atoms with Crippen molar-refractivity contribution < 1.29 is 0 Å². The number of nitrogens with zero attached hydrogens (tertiary/aromatic N) is 5. The zero-order valence-corrected chi connectivity index (χ0v) is 21.7. The number of hydrogen-bond acceptors (Lipinski definition) is 6. The standard InChI is InChI=1S/C26H34N6OS/c1-7-22(24-28-29-30-32(24)26(5,6)8-2)31(16-21-10-9-11-34-21)15-20-14-19-13-17(3)12-18(4)23(19)27-25(20)33/h9-14,22H,7-8,15-16H2,1-6H3,(H,27,33)/t22-/m0/s1. The number of H-pyrrole nitrogens is 1. The van der Waals surface area contributed by atoms with Gasteiger partial charge in [-0.1, -0.05) is 31.5 Å². The van der Waals surface area contributed by atoms with Crippen LogP contribution in [0.3, 0.4) is 0 Å². The number of rotatable bonds is 9. The van der Waals surface area contributed by atoms with Crippen molar-refractivity contribution in [3.63, 3.8) is 0 Å². The van der Waals surface area contributed by atoms with Crippen molar-refractivity contribution in [1.29, 1.82) is 0 Å². The van der Waals surface area contributed by atoms with Crippen molar-refractivity contribution in [2.24, 2.45) is 0 Å². The highest BCUT2D eigenvalue weighted by molar-refractivity contribution is 7.09. The molecule has 0 fully saturated rings. The molecule has 0 aliphatic carbocycles.